The predicted octanol–water partition coefficient (Wildman–Crippen LogP) is 1.96. The number of hydrogen-bond acceptors (Lipinski definition) is 4. The molecule has 0 aromatic rings. The topological polar surface area (TPSA) is 38.5 Å². The first-order valence-electron chi connectivity index (χ1n) is 7.09. The van der Waals surface area contributed by atoms with Crippen LogP contribution < -0.4 is 5.73 Å². The first kappa shape index (κ1) is 14.6. The maximum atomic E-state index is 6.26. The Labute approximate surface area is 116 Å². The molecule has 3 nitrogen and oxygen atoms in total. The minimum absolute atomic E-state index is 0.132. The molecular formula is C14H28N2OS. The third-order valence-electron chi connectivity index (χ3n) is 4.97. The molecule has 106 valence electrons. The van der Waals surface area contributed by atoms with Gasteiger partial charge in [-0.2, -0.15) is 11.8 Å². The third-order valence-corrected chi connectivity index (χ3v) is 6.14. The van der Waals surface area contributed by atoms with E-state index in [4.69, 9.17) is 10.5 Å². The van der Waals surface area contributed by atoms with Gasteiger partial charge < -0.3 is 10.5 Å². The fraction of sp³-hybridized carbons (Fsp3) is 1.00. The largest absolute Gasteiger partial charge is 0.376 e. The Balaban J connectivity index is 2.29. The maximum absolute atomic E-state index is 6.26. The van der Waals surface area contributed by atoms with Crippen molar-refractivity contribution < 1.29 is 4.74 Å². The third kappa shape index (κ3) is 2.33. The summed E-state index contributed by atoms with van der Waals surface area (Å²) in [6.45, 7) is 11.8. The van der Waals surface area contributed by atoms with Gasteiger partial charge in [0.2, 0.25) is 0 Å². The monoisotopic (exact) mass is 272 g/mol. The molecule has 18 heavy (non-hydrogen) atoms. The van der Waals surface area contributed by atoms with Gasteiger partial charge in [0, 0.05) is 30.4 Å². The molecule has 0 bridgehead atoms. The molecule has 0 amide bonds. The quantitative estimate of drug-likeness (QED) is 0.834. The zero-order chi connectivity index (χ0) is 13.4. The van der Waals surface area contributed by atoms with Gasteiger partial charge in [0.25, 0.3) is 0 Å². The van der Waals surface area contributed by atoms with Crippen LogP contribution in [0.4, 0.5) is 0 Å². The zero-order valence-corrected chi connectivity index (χ0v) is 13.1. The molecule has 0 saturated carbocycles. The van der Waals surface area contributed by atoms with Gasteiger partial charge in [0.15, 0.2) is 0 Å². The number of hydrogen-bond donors (Lipinski definition) is 1. The van der Waals surface area contributed by atoms with E-state index in [1.807, 2.05) is 0 Å². The molecule has 2 saturated heterocycles. The lowest BCUT2D eigenvalue weighted by atomic mass is 9.69. The van der Waals surface area contributed by atoms with E-state index in [0.717, 1.165) is 25.4 Å². The van der Waals surface area contributed by atoms with Crippen molar-refractivity contribution in [2.75, 3.05) is 31.2 Å². The van der Waals surface area contributed by atoms with E-state index in [-0.39, 0.29) is 11.0 Å². The number of thioether (sulfide) groups is 1. The van der Waals surface area contributed by atoms with E-state index in [1.165, 1.54) is 12.2 Å². The van der Waals surface area contributed by atoms with Crippen LogP contribution in [0.5, 0.6) is 0 Å². The Hall–Kier alpha value is 0.230. The average molecular weight is 272 g/mol. The summed E-state index contributed by atoms with van der Waals surface area (Å²) in [5, 5.41) is 0. The van der Waals surface area contributed by atoms with Crippen molar-refractivity contribution in [3.8, 4) is 0 Å². The van der Waals surface area contributed by atoms with Crippen LogP contribution in [0.2, 0.25) is 0 Å². The van der Waals surface area contributed by atoms with Crippen molar-refractivity contribution in [1.82, 2.24) is 4.90 Å². The average Bonchev–Trinajstić information content (AvgIpc) is 2.33. The first-order valence-corrected chi connectivity index (χ1v) is 8.24. The van der Waals surface area contributed by atoms with E-state index >= 15 is 0 Å². The van der Waals surface area contributed by atoms with E-state index in [9.17, 15) is 0 Å². The van der Waals surface area contributed by atoms with E-state index in [2.05, 4.69) is 44.4 Å². The smallest absolute Gasteiger partial charge is 0.0675 e. The lowest BCUT2D eigenvalue weighted by Gasteiger charge is -2.59. The minimum atomic E-state index is 0.132. The Bertz CT molecular complexity index is 298. The minimum Gasteiger partial charge on any atom is -0.376 e. The van der Waals surface area contributed by atoms with Crippen LogP contribution in [0.3, 0.4) is 0 Å². The maximum Gasteiger partial charge on any atom is 0.0675 e. The number of ether oxygens (including phenoxy) is 1. The summed E-state index contributed by atoms with van der Waals surface area (Å²) in [6, 6.07) is 0.475. The molecule has 2 aliphatic rings. The Kier molecular flexibility index (Phi) is 4.32. The summed E-state index contributed by atoms with van der Waals surface area (Å²) in [5.74, 6) is 2.43. The van der Waals surface area contributed by atoms with Gasteiger partial charge in [-0.15, -0.1) is 0 Å². The molecule has 0 spiro atoms. The van der Waals surface area contributed by atoms with Gasteiger partial charge in [-0.05, 0) is 31.4 Å². The van der Waals surface area contributed by atoms with Crippen LogP contribution in [0.1, 0.15) is 34.1 Å². The summed E-state index contributed by atoms with van der Waals surface area (Å²) >= 11 is 2.06. The van der Waals surface area contributed by atoms with Gasteiger partial charge in [0.05, 0.1) is 12.7 Å². The summed E-state index contributed by atoms with van der Waals surface area (Å²) in [7, 11) is 0. The molecule has 0 aromatic carbocycles. The number of nitrogens with zero attached hydrogens (tertiary/aromatic N) is 1. The van der Waals surface area contributed by atoms with Crippen molar-refractivity contribution in [2.45, 2.75) is 51.8 Å². The lowest BCUT2D eigenvalue weighted by Crippen LogP contribution is -2.70. The van der Waals surface area contributed by atoms with Gasteiger partial charge in [-0.3, -0.25) is 4.90 Å². The molecule has 4 heteroatoms. The van der Waals surface area contributed by atoms with Crippen LogP contribution in [0.25, 0.3) is 0 Å². The summed E-state index contributed by atoms with van der Waals surface area (Å²) in [4.78, 5) is 2.65. The summed E-state index contributed by atoms with van der Waals surface area (Å²) in [5.41, 5.74) is 6.68. The predicted molar refractivity (Wildman–Crippen MR) is 79.1 cm³/mol. The highest BCUT2D eigenvalue weighted by atomic mass is 32.2. The molecule has 0 aromatic heterocycles. The zero-order valence-electron chi connectivity index (χ0n) is 12.2. The van der Waals surface area contributed by atoms with Gasteiger partial charge in [-0.1, -0.05) is 13.8 Å². The summed E-state index contributed by atoms with van der Waals surface area (Å²) < 4.78 is 5.78. The van der Waals surface area contributed by atoms with Crippen molar-refractivity contribution in [1.29, 1.82) is 0 Å². The van der Waals surface area contributed by atoms with Gasteiger partial charge in [-0.25, -0.2) is 0 Å². The highest BCUT2D eigenvalue weighted by Crippen LogP contribution is 2.46. The second-order valence-electron chi connectivity index (χ2n) is 6.57. The second kappa shape index (κ2) is 5.31. The molecule has 2 fully saturated rings. The molecule has 2 heterocycles. The van der Waals surface area contributed by atoms with Crippen LogP contribution >= 0.6 is 11.8 Å². The Morgan fingerprint density at radius 1 is 1.39 bits per heavy atom. The second-order valence-corrected chi connectivity index (χ2v) is 7.67. The van der Waals surface area contributed by atoms with Crippen molar-refractivity contribution in [3.63, 3.8) is 0 Å². The molecule has 0 aliphatic carbocycles. The van der Waals surface area contributed by atoms with E-state index in [0.29, 0.717) is 12.1 Å². The van der Waals surface area contributed by atoms with Crippen molar-refractivity contribution in [2.24, 2.45) is 11.1 Å². The van der Waals surface area contributed by atoms with Crippen molar-refractivity contribution >= 4 is 11.8 Å². The molecule has 2 rings (SSSR count). The van der Waals surface area contributed by atoms with Crippen LogP contribution in [0.15, 0.2) is 0 Å². The van der Waals surface area contributed by atoms with Crippen LogP contribution in [0, 0.1) is 5.41 Å². The highest BCUT2D eigenvalue weighted by Gasteiger charge is 2.52. The number of rotatable bonds is 2. The van der Waals surface area contributed by atoms with E-state index in [1.54, 1.807) is 0 Å². The number of nitrogens with two attached hydrogens (primary N) is 1. The standard InChI is InChI=1S/C14H28N2OS/c1-11-8-17-12(2)7-16(11)14(9-15)10-18-6-5-13(14,3)4/h11-12H,5-10,15H2,1-4H3. The number of morpholine rings is 1. The molecule has 3 atom stereocenters. The molecule has 3 unspecified atom stereocenters. The molecule has 2 N–H and O–H groups in total. The molecule has 2 aliphatic heterocycles. The summed E-state index contributed by atoms with van der Waals surface area (Å²) in [6.07, 6.45) is 1.58. The Morgan fingerprint density at radius 3 is 2.72 bits per heavy atom. The first-order chi connectivity index (χ1) is 8.43. The molecular weight excluding hydrogens is 244 g/mol. The van der Waals surface area contributed by atoms with Gasteiger partial charge in [0.1, 0.15) is 0 Å². The fourth-order valence-corrected chi connectivity index (χ4v) is 5.23. The van der Waals surface area contributed by atoms with Crippen molar-refractivity contribution in [3.05, 3.63) is 0 Å². The van der Waals surface area contributed by atoms with Crippen LogP contribution in [-0.4, -0.2) is 53.8 Å². The highest BCUT2D eigenvalue weighted by molar-refractivity contribution is 7.99. The van der Waals surface area contributed by atoms with Crippen LogP contribution in [-0.2, 0) is 4.74 Å². The normalized spacial score (nSPS) is 41.8. The lowest BCUT2D eigenvalue weighted by molar-refractivity contribution is -0.119. The Morgan fingerprint density at radius 2 is 2.11 bits per heavy atom. The SMILES string of the molecule is CC1CN(C2(CN)CSCCC2(C)C)C(C)CO1. The van der Waals surface area contributed by atoms with Gasteiger partial charge >= 0.3 is 0 Å². The molecule has 0 radical (unpaired) electrons. The fourth-order valence-electron chi connectivity index (χ4n) is 3.42. The van der Waals surface area contributed by atoms with E-state index < -0.39 is 0 Å².